The van der Waals surface area contributed by atoms with Crippen molar-refractivity contribution in [2.24, 2.45) is 16.8 Å². The molecule has 1 aliphatic rings. The first-order chi connectivity index (χ1) is 12.5. The van der Waals surface area contributed by atoms with Gasteiger partial charge in [0.2, 0.25) is 5.75 Å². The van der Waals surface area contributed by atoms with Crippen LogP contribution in [0.3, 0.4) is 0 Å². The zero-order chi connectivity index (χ0) is 19.1. The van der Waals surface area contributed by atoms with Crippen LogP contribution in [0.1, 0.15) is 32.8 Å². The number of aliphatic imine (C=N–C) groups is 1. The van der Waals surface area contributed by atoms with Gasteiger partial charge in [0, 0.05) is 19.6 Å². The Morgan fingerprint density at radius 1 is 1.08 bits per heavy atom. The zero-order valence-electron chi connectivity index (χ0n) is 17.0. The van der Waals surface area contributed by atoms with Crippen LogP contribution >= 0.6 is 0 Å². The van der Waals surface area contributed by atoms with Crippen LogP contribution in [0.15, 0.2) is 17.1 Å². The van der Waals surface area contributed by atoms with E-state index in [1.165, 1.54) is 6.42 Å². The molecule has 1 fully saturated rings. The minimum absolute atomic E-state index is 0.554. The van der Waals surface area contributed by atoms with E-state index >= 15 is 0 Å². The van der Waals surface area contributed by atoms with Crippen molar-refractivity contribution in [1.82, 2.24) is 10.2 Å². The SMILES string of the molecule is CCNC(=NCc1cc(OC)c(OC)c(OC)c1)N1CC(C)CC(C)C1. The van der Waals surface area contributed by atoms with Crippen molar-refractivity contribution in [3.63, 3.8) is 0 Å². The number of ether oxygens (including phenoxy) is 3. The molecule has 2 rings (SSSR count). The molecule has 0 bridgehead atoms. The predicted octanol–water partition coefficient (Wildman–Crippen LogP) is 3.16. The second-order valence-electron chi connectivity index (χ2n) is 7.05. The lowest BCUT2D eigenvalue weighted by molar-refractivity contribution is 0.208. The highest BCUT2D eigenvalue weighted by Gasteiger charge is 2.24. The van der Waals surface area contributed by atoms with Crippen LogP contribution in [-0.4, -0.2) is 51.8 Å². The Morgan fingerprint density at radius 3 is 2.12 bits per heavy atom. The van der Waals surface area contributed by atoms with Crippen molar-refractivity contribution in [3.05, 3.63) is 17.7 Å². The molecular formula is C20H33N3O3. The second-order valence-corrected chi connectivity index (χ2v) is 7.05. The Kier molecular flexibility index (Phi) is 7.42. The van der Waals surface area contributed by atoms with Crippen LogP contribution in [0.2, 0.25) is 0 Å². The average molecular weight is 364 g/mol. The Hall–Kier alpha value is -2.11. The van der Waals surface area contributed by atoms with E-state index in [1.54, 1.807) is 21.3 Å². The van der Waals surface area contributed by atoms with Crippen LogP contribution in [-0.2, 0) is 6.54 Å². The first kappa shape index (κ1) is 20.2. The Bertz CT molecular complexity index is 583. The number of benzene rings is 1. The van der Waals surface area contributed by atoms with Gasteiger partial charge in [0.15, 0.2) is 17.5 Å². The lowest BCUT2D eigenvalue weighted by Gasteiger charge is -2.37. The molecule has 1 saturated heterocycles. The average Bonchev–Trinajstić information content (AvgIpc) is 2.63. The Morgan fingerprint density at radius 2 is 1.65 bits per heavy atom. The van der Waals surface area contributed by atoms with Gasteiger partial charge in [-0.3, -0.25) is 0 Å². The molecule has 1 aliphatic heterocycles. The fourth-order valence-electron chi connectivity index (χ4n) is 3.65. The molecule has 0 aliphatic carbocycles. The van der Waals surface area contributed by atoms with Gasteiger partial charge < -0.3 is 24.4 Å². The van der Waals surface area contributed by atoms with Crippen molar-refractivity contribution in [2.75, 3.05) is 41.0 Å². The number of nitrogens with zero attached hydrogens (tertiary/aromatic N) is 2. The Balaban J connectivity index is 2.23. The minimum atomic E-state index is 0.554. The number of likely N-dealkylation sites (tertiary alicyclic amines) is 1. The van der Waals surface area contributed by atoms with Gasteiger partial charge in [-0.2, -0.15) is 0 Å². The molecule has 146 valence electrons. The Labute approximate surface area is 157 Å². The first-order valence-electron chi connectivity index (χ1n) is 9.34. The molecule has 0 radical (unpaired) electrons. The number of methoxy groups -OCH3 is 3. The number of piperidine rings is 1. The first-order valence-corrected chi connectivity index (χ1v) is 9.34. The van der Waals surface area contributed by atoms with Crippen molar-refractivity contribution >= 4 is 5.96 Å². The maximum atomic E-state index is 5.44. The molecule has 2 unspecified atom stereocenters. The summed E-state index contributed by atoms with van der Waals surface area (Å²) < 4.78 is 16.3. The van der Waals surface area contributed by atoms with Crippen LogP contribution in [0.5, 0.6) is 17.2 Å². The maximum Gasteiger partial charge on any atom is 0.203 e. The number of guanidine groups is 1. The van der Waals surface area contributed by atoms with Crippen molar-refractivity contribution in [3.8, 4) is 17.2 Å². The summed E-state index contributed by atoms with van der Waals surface area (Å²) in [5.41, 5.74) is 1.02. The standard InChI is InChI=1S/C20H33N3O3/c1-7-21-20(23-12-14(2)8-15(3)13-23)22-11-16-9-17(24-4)19(26-6)18(10-16)25-5/h9-10,14-15H,7-8,11-13H2,1-6H3,(H,21,22). The van der Waals surface area contributed by atoms with Gasteiger partial charge >= 0.3 is 0 Å². The van der Waals surface area contributed by atoms with Gasteiger partial charge in [-0.15, -0.1) is 0 Å². The molecule has 26 heavy (non-hydrogen) atoms. The monoisotopic (exact) mass is 363 g/mol. The third-order valence-electron chi connectivity index (χ3n) is 4.64. The van der Waals surface area contributed by atoms with E-state index in [9.17, 15) is 0 Å². The number of hydrogen-bond acceptors (Lipinski definition) is 4. The summed E-state index contributed by atoms with van der Waals surface area (Å²) in [5.74, 6) is 4.25. The largest absolute Gasteiger partial charge is 0.493 e. The minimum Gasteiger partial charge on any atom is -0.493 e. The predicted molar refractivity (Wildman–Crippen MR) is 105 cm³/mol. The molecule has 0 spiro atoms. The van der Waals surface area contributed by atoms with E-state index in [0.717, 1.165) is 31.2 Å². The van der Waals surface area contributed by atoms with Crippen LogP contribution in [0.4, 0.5) is 0 Å². The maximum absolute atomic E-state index is 5.44. The highest BCUT2D eigenvalue weighted by Crippen LogP contribution is 2.38. The normalized spacial score (nSPS) is 20.7. The molecule has 0 saturated carbocycles. The lowest BCUT2D eigenvalue weighted by Crippen LogP contribution is -2.48. The number of rotatable bonds is 6. The third-order valence-corrected chi connectivity index (χ3v) is 4.64. The van der Waals surface area contributed by atoms with E-state index < -0.39 is 0 Å². The summed E-state index contributed by atoms with van der Waals surface area (Å²) in [6.07, 6.45) is 1.28. The summed E-state index contributed by atoms with van der Waals surface area (Å²) in [7, 11) is 4.87. The molecule has 1 N–H and O–H groups in total. The number of hydrogen-bond donors (Lipinski definition) is 1. The van der Waals surface area contributed by atoms with E-state index in [-0.39, 0.29) is 0 Å². The molecule has 2 atom stereocenters. The summed E-state index contributed by atoms with van der Waals surface area (Å²) in [6, 6.07) is 3.91. The van der Waals surface area contributed by atoms with Gasteiger partial charge in [0.1, 0.15) is 0 Å². The van der Waals surface area contributed by atoms with Crippen LogP contribution < -0.4 is 19.5 Å². The van der Waals surface area contributed by atoms with E-state index in [4.69, 9.17) is 19.2 Å². The van der Waals surface area contributed by atoms with Gasteiger partial charge in [-0.05, 0) is 42.9 Å². The second kappa shape index (κ2) is 9.55. The summed E-state index contributed by atoms with van der Waals surface area (Å²) in [5, 5.41) is 3.43. The van der Waals surface area contributed by atoms with Gasteiger partial charge in [-0.1, -0.05) is 13.8 Å². The quantitative estimate of drug-likeness (QED) is 0.621. The smallest absolute Gasteiger partial charge is 0.203 e. The topological polar surface area (TPSA) is 55.3 Å². The summed E-state index contributed by atoms with van der Waals surface area (Å²) in [4.78, 5) is 7.24. The molecule has 1 aromatic carbocycles. The number of nitrogens with one attached hydrogen (secondary N) is 1. The highest BCUT2D eigenvalue weighted by atomic mass is 16.5. The third kappa shape index (κ3) is 4.96. The van der Waals surface area contributed by atoms with Crippen LogP contribution in [0.25, 0.3) is 0 Å². The van der Waals surface area contributed by atoms with E-state index in [0.29, 0.717) is 35.6 Å². The van der Waals surface area contributed by atoms with Crippen LogP contribution in [0, 0.1) is 11.8 Å². The lowest BCUT2D eigenvalue weighted by atomic mass is 9.92. The zero-order valence-corrected chi connectivity index (χ0v) is 17.0. The molecular weight excluding hydrogens is 330 g/mol. The van der Waals surface area contributed by atoms with Crippen molar-refractivity contribution < 1.29 is 14.2 Å². The van der Waals surface area contributed by atoms with E-state index in [2.05, 4.69) is 31.0 Å². The fourth-order valence-corrected chi connectivity index (χ4v) is 3.65. The highest BCUT2D eigenvalue weighted by molar-refractivity contribution is 5.80. The van der Waals surface area contributed by atoms with Gasteiger partial charge in [0.25, 0.3) is 0 Å². The molecule has 0 aromatic heterocycles. The van der Waals surface area contributed by atoms with Gasteiger partial charge in [0.05, 0.1) is 27.9 Å². The molecule has 6 heteroatoms. The fraction of sp³-hybridized carbons (Fsp3) is 0.650. The van der Waals surface area contributed by atoms with Crippen molar-refractivity contribution in [2.45, 2.75) is 33.7 Å². The summed E-state index contributed by atoms with van der Waals surface area (Å²) in [6.45, 7) is 10.2. The van der Waals surface area contributed by atoms with Crippen molar-refractivity contribution in [1.29, 1.82) is 0 Å². The summed E-state index contributed by atoms with van der Waals surface area (Å²) >= 11 is 0. The molecule has 6 nitrogen and oxygen atoms in total. The van der Waals surface area contributed by atoms with E-state index in [1.807, 2.05) is 12.1 Å². The van der Waals surface area contributed by atoms with Gasteiger partial charge in [-0.25, -0.2) is 4.99 Å². The molecule has 1 heterocycles. The molecule has 1 aromatic rings. The molecule has 0 amide bonds.